The molecule has 2 aromatic carbocycles. The van der Waals surface area contributed by atoms with E-state index in [0.29, 0.717) is 11.2 Å². The van der Waals surface area contributed by atoms with E-state index in [4.69, 9.17) is 4.74 Å². The predicted octanol–water partition coefficient (Wildman–Crippen LogP) is 2.89. The van der Waals surface area contributed by atoms with Gasteiger partial charge in [-0.15, -0.1) is 0 Å². The number of carbonyl (C=O) groups is 1. The Bertz CT molecular complexity index is 1230. The number of ether oxygens (including phenoxy) is 1. The molecule has 0 aliphatic heterocycles. The van der Waals surface area contributed by atoms with Gasteiger partial charge in [0.05, 0.1) is 6.20 Å². The van der Waals surface area contributed by atoms with Crippen LogP contribution in [0.4, 0.5) is 4.79 Å². The quantitative estimate of drug-likeness (QED) is 0.373. The second-order valence-electron chi connectivity index (χ2n) is 7.80. The zero-order valence-corrected chi connectivity index (χ0v) is 17.1. The minimum Gasteiger partial charge on any atom is -0.449 e. The third-order valence-electron chi connectivity index (χ3n) is 5.82. The molecule has 0 radical (unpaired) electrons. The van der Waals surface area contributed by atoms with Crippen molar-refractivity contribution in [2.75, 3.05) is 13.2 Å². The van der Waals surface area contributed by atoms with Gasteiger partial charge in [-0.25, -0.2) is 9.78 Å². The molecule has 5 rings (SSSR count). The molecule has 1 aliphatic rings. The van der Waals surface area contributed by atoms with Gasteiger partial charge >= 0.3 is 6.09 Å². The normalized spacial score (nSPS) is 14.6. The van der Waals surface area contributed by atoms with E-state index < -0.39 is 18.3 Å². The number of hydrogen-bond donors (Lipinski definition) is 4. The van der Waals surface area contributed by atoms with Crippen LogP contribution in [0.15, 0.2) is 67.0 Å². The molecule has 4 aromatic rings. The number of hydrogen-bond acceptors (Lipinski definition) is 6. The lowest BCUT2D eigenvalue weighted by Crippen LogP contribution is -2.36. The summed E-state index contributed by atoms with van der Waals surface area (Å²) in [5, 5.41) is 30.6. The topological polar surface area (TPSA) is 120 Å². The van der Waals surface area contributed by atoms with E-state index in [1.807, 2.05) is 36.4 Å². The SMILES string of the molecule is O=C(NCC(O)C(O)c1cnc2[nH]ncc2c1)OCC1c2ccccc2-c2ccccc21. The van der Waals surface area contributed by atoms with Crippen LogP contribution >= 0.6 is 0 Å². The van der Waals surface area contributed by atoms with Crippen molar-refractivity contribution in [3.63, 3.8) is 0 Å². The summed E-state index contributed by atoms with van der Waals surface area (Å²) in [6.07, 6.45) is -0.0412. The Morgan fingerprint density at radius 2 is 1.75 bits per heavy atom. The number of aliphatic hydroxyl groups is 2. The van der Waals surface area contributed by atoms with Crippen LogP contribution in [-0.4, -0.2) is 50.7 Å². The van der Waals surface area contributed by atoms with Crippen LogP contribution in [0.5, 0.6) is 0 Å². The Labute approximate surface area is 183 Å². The number of aliphatic hydroxyl groups excluding tert-OH is 2. The van der Waals surface area contributed by atoms with E-state index in [-0.39, 0.29) is 19.1 Å². The third kappa shape index (κ3) is 3.70. The Morgan fingerprint density at radius 1 is 1.06 bits per heavy atom. The van der Waals surface area contributed by atoms with Gasteiger partial charge in [-0.1, -0.05) is 48.5 Å². The Balaban J connectivity index is 1.18. The van der Waals surface area contributed by atoms with Crippen molar-refractivity contribution >= 4 is 17.1 Å². The Morgan fingerprint density at radius 3 is 2.47 bits per heavy atom. The van der Waals surface area contributed by atoms with Crippen LogP contribution in [0.2, 0.25) is 0 Å². The maximum atomic E-state index is 12.3. The molecule has 2 atom stereocenters. The van der Waals surface area contributed by atoms with E-state index in [0.717, 1.165) is 27.6 Å². The van der Waals surface area contributed by atoms with Crippen molar-refractivity contribution < 1.29 is 19.7 Å². The number of nitrogens with one attached hydrogen (secondary N) is 2. The molecule has 1 amide bonds. The molecule has 4 N–H and O–H groups in total. The number of amides is 1. The second-order valence-corrected chi connectivity index (χ2v) is 7.80. The molecule has 0 saturated heterocycles. The van der Waals surface area contributed by atoms with Crippen LogP contribution in [0, 0.1) is 0 Å². The van der Waals surface area contributed by atoms with Crippen LogP contribution in [0.3, 0.4) is 0 Å². The first-order chi connectivity index (χ1) is 15.6. The van der Waals surface area contributed by atoms with Crippen LogP contribution < -0.4 is 5.32 Å². The molecule has 0 fully saturated rings. The van der Waals surface area contributed by atoms with Crippen molar-refractivity contribution in [1.82, 2.24) is 20.5 Å². The van der Waals surface area contributed by atoms with Crippen molar-refractivity contribution in [3.05, 3.63) is 83.7 Å². The molecule has 1 aliphatic carbocycles. The number of aromatic nitrogens is 3. The molecule has 0 bridgehead atoms. The highest BCUT2D eigenvalue weighted by Gasteiger charge is 2.29. The summed E-state index contributed by atoms with van der Waals surface area (Å²) in [7, 11) is 0. The largest absolute Gasteiger partial charge is 0.449 e. The zero-order valence-electron chi connectivity index (χ0n) is 17.1. The van der Waals surface area contributed by atoms with Gasteiger partial charge in [0.1, 0.15) is 18.8 Å². The lowest BCUT2D eigenvalue weighted by Gasteiger charge is -2.19. The van der Waals surface area contributed by atoms with E-state index in [1.165, 1.54) is 6.20 Å². The summed E-state index contributed by atoms with van der Waals surface area (Å²) in [4.78, 5) is 16.4. The molecule has 8 nitrogen and oxygen atoms in total. The lowest BCUT2D eigenvalue weighted by atomic mass is 9.98. The number of benzene rings is 2. The first-order valence-corrected chi connectivity index (χ1v) is 10.4. The maximum absolute atomic E-state index is 12.3. The summed E-state index contributed by atoms with van der Waals surface area (Å²) >= 11 is 0. The summed E-state index contributed by atoms with van der Waals surface area (Å²) in [6.45, 7) is 0.0147. The smallest absolute Gasteiger partial charge is 0.407 e. The fourth-order valence-corrected chi connectivity index (χ4v) is 4.19. The summed E-state index contributed by atoms with van der Waals surface area (Å²) in [5.41, 5.74) is 5.57. The predicted molar refractivity (Wildman–Crippen MR) is 118 cm³/mol. The van der Waals surface area contributed by atoms with Gasteiger partial charge in [0, 0.05) is 29.6 Å². The lowest BCUT2D eigenvalue weighted by molar-refractivity contribution is 0.0184. The number of rotatable bonds is 6. The molecule has 2 heterocycles. The van der Waals surface area contributed by atoms with Gasteiger partial charge in [0.25, 0.3) is 0 Å². The highest BCUT2D eigenvalue weighted by Crippen LogP contribution is 2.44. The first kappa shape index (κ1) is 20.2. The molecule has 32 heavy (non-hydrogen) atoms. The standard InChI is InChI=1S/C24H22N4O4/c29-21(22(30)14-9-15-11-27-28-23(15)25-10-14)12-26-24(31)32-13-20-18-7-3-1-5-16(18)17-6-2-4-8-19(17)20/h1-11,20-22,29-30H,12-13H2,(H,26,31)(H,25,27,28). The van der Waals surface area contributed by atoms with E-state index in [9.17, 15) is 15.0 Å². The van der Waals surface area contributed by atoms with Crippen molar-refractivity contribution in [3.8, 4) is 11.1 Å². The van der Waals surface area contributed by atoms with E-state index >= 15 is 0 Å². The second kappa shape index (κ2) is 8.41. The highest BCUT2D eigenvalue weighted by atomic mass is 16.5. The zero-order chi connectivity index (χ0) is 22.1. The fourth-order valence-electron chi connectivity index (χ4n) is 4.19. The van der Waals surface area contributed by atoms with Crippen molar-refractivity contribution in [1.29, 1.82) is 0 Å². The van der Waals surface area contributed by atoms with Crippen molar-refractivity contribution in [2.45, 2.75) is 18.1 Å². The van der Waals surface area contributed by atoms with Gasteiger partial charge in [-0.2, -0.15) is 5.10 Å². The Kier molecular flexibility index (Phi) is 5.30. The number of nitrogens with zero attached hydrogens (tertiary/aromatic N) is 2. The average Bonchev–Trinajstić information content (AvgIpc) is 3.42. The number of alkyl carbamates (subject to hydrolysis) is 1. The van der Waals surface area contributed by atoms with E-state index in [1.54, 1.807) is 12.3 Å². The van der Waals surface area contributed by atoms with Crippen LogP contribution in [0.25, 0.3) is 22.2 Å². The minimum atomic E-state index is -1.22. The number of carbonyl (C=O) groups excluding carboxylic acids is 1. The monoisotopic (exact) mass is 430 g/mol. The van der Waals surface area contributed by atoms with E-state index in [2.05, 4.69) is 32.6 Å². The average molecular weight is 430 g/mol. The first-order valence-electron chi connectivity index (χ1n) is 10.4. The summed E-state index contributed by atoms with van der Waals surface area (Å²) in [5.74, 6) is -0.0450. The van der Waals surface area contributed by atoms with Crippen LogP contribution in [0.1, 0.15) is 28.7 Å². The number of H-pyrrole nitrogens is 1. The Hall–Kier alpha value is -3.75. The minimum absolute atomic E-state index is 0.0450. The number of fused-ring (bicyclic) bond motifs is 4. The van der Waals surface area contributed by atoms with Gasteiger partial charge < -0.3 is 20.3 Å². The molecule has 0 spiro atoms. The molecule has 0 saturated carbocycles. The number of pyridine rings is 1. The summed E-state index contributed by atoms with van der Waals surface area (Å²) in [6, 6.07) is 17.9. The van der Waals surface area contributed by atoms with Gasteiger partial charge in [-0.3, -0.25) is 5.10 Å². The van der Waals surface area contributed by atoms with Gasteiger partial charge in [-0.05, 0) is 28.3 Å². The van der Waals surface area contributed by atoms with Gasteiger partial charge in [0.2, 0.25) is 0 Å². The summed E-state index contributed by atoms with van der Waals surface area (Å²) < 4.78 is 5.46. The maximum Gasteiger partial charge on any atom is 0.407 e. The molecular formula is C24H22N4O4. The fraction of sp³-hybridized carbons (Fsp3) is 0.208. The third-order valence-corrected chi connectivity index (χ3v) is 5.82. The number of aromatic amines is 1. The van der Waals surface area contributed by atoms with Gasteiger partial charge in [0.15, 0.2) is 5.65 Å². The molecular weight excluding hydrogens is 408 g/mol. The molecule has 162 valence electrons. The van der Waals surface area contributed by atoms with Crippen molar-refractivity contribution in [2.24, 2.45) is 0 Å². The molecule has 2 unspecified atom stereocenters. The highest BCUT2D eigenvalue weighted by molar-refractivity contribution is 5.79. The van der Waals surface area contributed by atoms with Crippen LogP contribution in [-0.2, 0) is 4.74 Å². The molecule has 8 heteroatoms. The molecule has 2 aromatic heterocycles.